The number of thiophene rings is 1. The van der Waals surface area contributed by atoms with Crippen LogP contribution in [0, 0.1) is 0 Å². The van der Waals surface area contributed by atoms with Crippen molar-refractivity contribution in [3.05, 3.63) is 27.4 Å². The molecule has 2 heterocycles. The van der Waals surface area contributed by atoms with E-state index in [0.717, 1.165) is 4.31 Å². The molecule has 0 unspecified atom stereocenters. The average molecular weight is 272 g/mol. The summed E-state index contributed by atoms with van der Waals surface area (Å²) in [6.45, 7) is 0. The van der Waals surface area contributed by atoms with Crippen molar-refractivity contribution in [3.63, 3.8) is 0 Å². The second-order valence-electron chi connectivity index (χ2n) is 3.89. The SMILES string of the molecule is CN(C)C=C1C(=O)c2sccc2N(C)S1(=O)=O. The van der Waals surface area contributed by atoms with Gasteiger partial charge in [-0.2, -0.15) is 0 Å². The number of carbonyl (C=O) groups is 1. The van der Waals surface area contributed by atoms with E-state index in [1.807, 2.05) is 0 Å². The van der Waals surface area contributed by atoms with Crippen molar-refractivity contribution in [3.8, 4) is 0 Å². The summed E-state index contributed by atoms with van der Waals surface area (Å²) in [5.74, 6) is -0.429. The van der Waals surface area contributed by atoms with E-state index < -0.39 is 15.8 Å². The zero-order valence-corrected chi connectivity index (χ0v) is 11.3. The summed E-state index contributed by atoms with van der Waals surface area (Å²) in [6.07, 6.45) is 1.34. The van der Waals surface area contributed by atoms with Crippen LogP contribution >= 0.6 is 11.3 Å². The predicted octanol–water partition coefficient (Wildman–Crippen LogP) is 1.11. The van der Waals surface area contributed by atoms with Crippen LogP contribution in [0.1, 0.15) is 9.67 Å². The summed E-state index contributed by atoms with van der Waals surface area (Å²) in [5, 5.41) is 1.72. The lowest BCUT2D eigenvalue weighted by Crippen LogP contribution is -2.36. The fraction of sp³-hybridized carbons (Fsp3) is 0.300. The van der Waals surface area contributed by atoms with Crippen molar-refractivity contribution in [1.29, 1.82) is 0 Å². The van der Waals surface area contributed by atoms with Crippen molar-refractivity contribution >= 4 is 32.8 Å². The summed E-state index contributed by atoms with van der Waals surface area (Å²) in [4.78, 5) is 13.9. The summed E-state index contributed by atoms with van der Waals surface area (Å²) in [6, 6.07) is 1.64. The summed E-state index contributed by atoms with van der Waals surface area (Å²) >= 11 is 1.25. The Bertz CT molecular complexity index is 599. The molecule has 92 valence electrons. The molecular formula is C10H12N2O3S2. The molecule has 17 heavy (non-hydrogen) atoms. The van der Waals surface area contributed by atoms with Crippen LogP contribution in [0.2, 0.25) is 0 Å². The second kappa shape index (κ2) is 3.85. The van der Waals surface area contributed by atoms with Gasteiger partial charge in [-0.15, -0.1) is 11.3 Å². The van der Waals surface area contributed by atoms with Gasteiger partial charge < -0.3 is 4.90 Å². The van der Waals surface area contributed by atoms with Gasteiger partial charge in [0.1, 0.15) is 4.88 Å². The molecule has 0 atom stereocenters. The molecule has 1 aromatic rings. The molecule has 0 aromatic carbocycles. The highest BCUT2D eigenvalue weighted by Gasteiger charge is 2.39. The van der Waals surface area contributed by atoms with Crippen LogP contribution in [-0.4, -0.2) is 40.2 Å². The number of rotatable bonds is 1. The molecule has 0 saturated heterocycles. The largest absolute Gasteiger partial charge is 0.382 e. The molecule has 0 radical (unpaired) electrons. The Labute approximate surface area is 104 Å². The standard InChI is InChI=1S/C10H12N2O3S2/c1-11(2)6-8-9(13)10-7(4-5-16-10)12(3)17(8,14)15/h4-6H,1-3H3. The maximum absolute atomic E-state index is 12.1. The third kappa shape index (κ3) is 1.75. The van der Waals surface area contributed by atoms with Gasteiger partial charge in [0.15, 0.2) is 4.91 Å². The van der Waals surface area contributed by atoms with Crippen LogP contribution in [0.5, 0.6) is 0 Å². The number of ketones is 1. The first-order valence-corrected chi connectivity index (χ1v) is 7.17. The number of Topliss-reactive ketones (excluding diaryl/α,β-unsaturated/α-hetero) is 1. The Morgan fingerprint density at radius 1 is 1.41 bits per heavy atom. The number of hydrogen-bond acceptors (Lipinski definition) is 5. The van der Waals surface area contributed by atoms with Gasteiger partial charge in [0, 0.05) is 27.3 Å². The molecule has 1 aliphatic rings. The summed E-state index contributed by atoms with van der Waals surface area (Å²) in [5.41, 5.74) is 0.455. The highest BCUT2D eigenvalue weighted by molar-refractivity contribution is 7.97. The van der Waals surface area contributed by atoms with E-state index in [0.29, 0.717) is 10.6 Å². The highest BCUT2D eigenvalue weighted by atomic mass is 32.2. The molecule has 2 rings (SSSR count). The van der Waals surface area contributed by atoms with E-state index >= 15 is 0 Å². The maximum Gasteiger partial charge on any atom is 0.269 e. The first-order valence-electron chi connectivity index (χ1n) is 4.85. The lowest BCUT2D eigenvalue weighted by Gasteiger charge is -2.26. The third-order valence-electron chi connectivity index (χ3n) is 2.43. The number of hydrogen-bond donors (Lipinski definition) is 0. The average Bonchev–Trinajstić information content (AvgIpc) is 2.70. The zero-order chi connectivity index (χ0) is 12.8. The lowest BCUT2D eigenvalue weighted by molar-refractivity contribution is 0.104. The van der Waals surface area contributed by atoms with Crippen molar-refractivity contribution in [2.75, 3.05) is 25.4 Å². The number of nitrogens with zero attached hydrogens (tertiary/aromatic N) is 2. The van der Waals surface area contributed by atoms with Crippen LogP contribution in [-0.2, 0) is 10.0 Å². The Morgan fingerprint density at radius 2 is 2.06 bits per heavy atom. The normalized spacial score (nSPS) is 20.5. The van der Waals surface area contributed by atoms with Gasteiger partial charge in [0.05, 0.1) is 5.69 Å². The second-order valence-corrected chi connectivity index (χ2v) is 6.75. The molecule has 0 aliphatic carbocycles. The molecule has 0 saturated carbocycles. The molecule has 0 bridgehead atoms. The number of carbonyl (C=O) groups excluding carboxylic acids is 1. The molecule has 0 spiro atoms. The van der Waals surface area contributed by atoms with E-state index in [-0.39, 0.29) is 4.91 Å². The maximum atomic E-state index is 12.1. The minimum atomic E-state index is -3.72. The van der Waals surface area contributed by atoms with Crippen molar-refractivity contribution in [2.45, 2.75) is 0 Å². The smallest absolute Gasteiger partial charge is 0.269 e. The van der Waals surface area contributed by atoms with Crippen molar-refractivity contribution < 1.29 is 13.2 Å². The number of sulfonamides is 1. The van der Waals surface area contributed by atoms with Crippen LogP contribution < -0.4 is 4.31 Å². The summed E-state index contributed by atoms with van der Waals surface area (Å²) in [7, 11) is 1.10. The van der Waals surface area contributed by atoms with E-state index in [2.05, 4.69) is 0 Å². The molecule has 0 amide bonds. The van der Waals surface area contributed by atoms with E-state index in [4.69, 9.17) is 0 Å². The Kier molecular flexibility index (Phi) is 2.75. The molecule has 1 aromatic heterocycles. The van der Waals surface area contributed by atoms with Gasteiger partial charge >= 0.3 is 0 Å². The van der Waals surface area contributed by atoms with E-state index in [1.165, 1.54) is 24.6 Å². The molecule has 1 aliphatic heterocycles. The molecular weight excluding hydrogens is 260 g/mol. The highest BCUT2D eigenvalue weighted by Crippen LogP contribution is 2.37. The van der Waals surface area contributed by atoms with Crippen LogP contribution in [0.15, 0.2) is 22.6 Å². The molecule has 0 fully saturated rings. The summed E-state index contributed by atoms with van der Waals surface area (Å²) < 4.78 is 25.4. The number of anilines is 1. The first-order chi connectivity index (χ1) is 7.85. The van der Waals surface area contributed by atoms with Crippen LogP contribution in [0.25, 0.3) is 0 Å². The van der Waals surface area contributed by atoms with Crippen LogP contribution in [0.3, 0.4) is 0 Å². The fourth-order valence-corrected chi connectivity index (χ4v) is 3.97. The van der Waals surface area contributed by atoms with Gasteiger partial charge in [0.2, 0.25) is 5.78 Å². The molecule has 5 nitrogen and oxygen atoms in total. The third-order valence-corrected chi connectivity index (χ3v) is 5.09. The van der Waals surface area contributed by atoms with Crippen molar-refractivity contribution in [2.24, 2.45) is 0 Å². The Hall–Kier alpha value is -1.34. The molecule has 0 N–H and O–H groups in total. The molecule has 7 heteroatoms. The minimum Gasteiger partial charge on any atom is -0.382 e. The van der Waals surface area contributed by atoms with Crippen LogP contribution in [0.4, 0.5) is 5.69 Å². The Balaban J connectivity index is 2.70. The van der Waals surface area contributed by atoms with Gasteiger partial charge in [0.25, 0.3) is 10.0 Å². The quantitative estimate of drug-likeness (QED) is 0.719. The van der Waals surface area contributed by atoms with Crippen molar-refractivity contribution in [1.82, 2.24) is 4.90 Å². The van der Waals surface area contributed by atoms with Gasteiger partial charge in [-0.1, -0.05) is 0 Å². The Morgan fingerprint density at radius 3 is 2.65 bits per heavy atom. The number of allylic oxidation sites excluding steroid dienone is 1. The number of fused-ring (bicyclic) bond motifs is 1. The van der Waals surface area contributed by atoms with E-state index in [9.17, 15) is 13.2 Å². The lowest BCUT2D eigenvalue weighted by atomic mass is 10.2. The fourth-order valence-electron chi connectivity index (χ4n) is 1.59. The van der Waals surface area contributed by atoms with E-state index in [1.54, 1.807) is 30.4 Å². The zero-order valence-electron chi connectivity index (χ0n) is 9.67. The minimum absolute atomic E-state index is 0.181. The topological polar surface area (TPSA) is 57.7 Å². The van der Waals surface area contributed by atoms with Gasteiger partial charge in [-0.3, -0.25) is 9.10 Å². The first kappa shape index (κ1) is 12.1. The monoisotopic (exact) mass is 272 g/mol. The van der Waals surface area contributed by atoms with Gasteiger partial charge in [-0.25, -0.2) is 8.42 Å². The van der Waals surface area contributed by atoms with Gasteiger partial charge in [-0.05, 0) is 11.4 Å². The predicted molar refractivity (Wildman–Crippen MR) is 67.7 cm³/mol.